The van der Waals surface area contributed by atoms with Gasteiger partial charge in [0.25, 0.3) is 0 Å². The largest absolute Gasteiger partial charge is 0.545 e. The molecule has 0 fully saturated rings. The molecule has 0 spiro atoms. The third-order valence-corrected chi connectivity index (χ3v) is 4.63. The average Bonchev–Trinajstić information content (AvgIpc) is 2.62. The molecule has 0 aliphatic rings. The van der Waals surface area contributed by atoms with Crippen LogP contribution >= 0.6 is 0 Å². The maximum atomic E-state index is 12.4. The number of esters is 1. The van der Waals surface area contributed by atoms with E-state index in [2.05, 4.69) is 6.92 Å². The number of para-hydroxylation sites is 1. The van der Waals surface area contributed by atoms with Crippen LogP contribution in [-0.2, 0) is 4.79 Å². The number of rotatable bonds is 13. The molecular weight excluding hydrogens is 373 g/mol. The van der Waals surface area contributed by atoms with E-state index in [4.69, 9.17) is 4.74 Å². The highest BCUT2D eigenvalue weighted by Gasteiger charge is 2.26. The highest BCUT2D eigenvalue weighted by Crippen LogP contribution is 2.28. The minimum atomic E-state index is -4.17. The SMILES string of the molecule is CCCCCCC(CCCC(F)(F)F)CCC(=O)Oc1ccccc1C(=O)[O-]. The monoisotopic (exact) mass is 401 g/mol. The minimum absolute atomic E-state index is 0.0168. The zero-order chi connectivity index (χ0) is 21.0. The molecule has 0 aliphatic heterocycles. The van der Waals surface area contributed by atoms with E-state index in [9.17, 15) is 27.9 Å². The van der Waals surface area contributed by atoms with Crippen molar-refractivity contribution < 1.29 is 32.6 Å². The second-order valence-corrected chi connectivity index (χ2v) is 7.02. The lowest BCUT2D eigenvalue weighted by molar-refractivity contribution is -0.255. The predicted molar refractivity (Wildman–Crippen MR) is 97.8 cm³/mol. The quantitative estimate of drug-likeness (QED) is 0.263. The molecule has 4 nitrogen and oxygen atoms in total. The number of alkyl halides is 3. The van der Waals surface area contributed by atoms with Crippen LogP contribution in [0.1, 0.15) is 81.5 Å². The van der Waals surface area contributed by atoms with Gasteiger partial charge in [-0.15, -0.1) is 0 Å². The fourth-order valence-electron chi connectivity index (χ4n) is 3.10. The first kappa shape index (κ1) is 24.0. The van der Waals surface area contributed by atoms with Gasteiger partial charge in [-0.25, -0.2) is 0 Å². The summed E-state index contributed by atoms with van der Waals surface area (Å²) in [6.45, 7) is 2.08. The Morgan fingerprint density at radius 3 is 2.36 bits per heavy atom. The van der Waals surface area contributed by atoms with Crippen molar-refractivity contribution in [2.45, 2.75) is 77.3 Å². The third kappa shape index (κ3) is 10.3. The van der Waals surface area contributed by atoms with E-state index in [0.717, 1.165) is 32.1 Å². The summed E-state index contributed by atoms with van der Waals surface area (Å²) in [6, 6.07) is 5.69. The zero-order valence-corrected chi connectivity index (χ0v) is 16.2. The van der Waals surface area contributed by atoms with Crippen LogP contribution in [0.15, 0.2) is 24.3 Å². The van der Waals surface area contributed by atoms with Crippen molar-refractivity contribution in [2.24, 2.45) is 5.92 Å². The molecule has 0 amide bonds. The Kier molecular flexibility index (Phi) is 10.6. The van der Waals surface area contributed by atoms with Gasteiger partial charge >= 0.3 is 12.1 Å². The smallest absolute Gasteiger partial charge is 0.389 e. The third-order valence-electron chi connectivity index (χ3n) is 4.63. The number of benzene rings is 1. The molecule has 0 aromatic heterocycles. The summed E-state index contributed by atoms with van der Waals surface area (Å²) in [5, 5.41) is 11.0. The molecule has 0 saturated carbocycles. The Morgan fingerprint density at radius 1 is 1.04 bits per heavy atom. The number of ether oxygens (including phenoxy) is 1. The summed E-state index contributed by atoms with van der Waals surface area (Å²) in [5.74, 6) is -2.10. The van der Waals surface area contributed by atoms with Crippen molar-refractivity contribution in [1.82, 2.24) is 0 Å². The van der Waals surface area contributed by atoms with Gasteiger partial charge in [-0.1, -0.05) is 57.6 Å². The summed E-state index contributed by atoms with van der Waals surface area (Å²) in [5.41, 5.74) is -0.211. The predicted octanol–water partition coefficient (Wildman–Crippen LogP) is 5.05. The van der Waals surface area contributed by atoms with Crippen LogP contribution in [0, 0.1) is 5.92 Å². The Labute approximate surface area is 164 Å². The van der Waals surface area contributed by atoms with Crippen molar-refractivity contribution >= 4 is 11.9 Å². The molecule has 28 heavy (non-hydrogen) atoms. The van der Waals surface area contributed by atoms with Gasteiger partial charge in [-0.3, -0.25) is 4.79 Å². The number of hydrogen-bond donors (Lipinski definition) is 0. The van der Waals surface area contributed by atoms with Gasteiger partial charge in [0.05, 0.1) is 5.97 Å². The van der Waals surface area contributed by atoms with Crippen LogP contribution in [0.4, 0.5) is 13.2 Å². The van der Waals surface area contributed by atoms with Gasteiger partial charge in [0.2, 0.25) is 0 Å². The Balaban J connectivity index is 2.54. The summed E-state index contributed by atoms with van der Waals surface area (Å²) in [4.78, 5) is 23.1. The molecule has 0 aliphatic carbocycles. The molecular formula is C21H28F3O4-. The number of carboxylic acids is 1. The first-order valence-electron chi connectivity index (χ1n) is 9.80. The molecule has 1 atom stereocenters. The number of hydrogen-bond acceptors (Lipinski definition) is 4. The van der Waals surface area contributed by atoms with Gasteiger partial charge in [-0.2, -0.15) is 13.2 Å². The lowest BCUT2D eigenvalue weighted by atomic mass is 9.91. The van der Waals surface area contributed by atoms with Crippen LogP contribution in [-0.4, -0.2) is 18.1 Å². The van der Waals surface area contributed by atoms with E-state index in [-0.39, 0.29) is 30.1 Å². The van der Waals surface area contributed by atoms with Crippen molar-refractivity contribution in [2.75, 3.05) is 0 Å². The Morgan fingerprint density at radius 2 is 1.71 bits per heavy atom. The van der Waals surface area contributed by atoms with Gasteiger partial charge in [-0.05, 0) is 30.9 Å². The van der Waals surface area contributed by atoms with Gasteiger partial charge in [0.15, 0.2) is 0 Å². The van der Waals surface area contributed by atoms with Gasteiger partial charge in [0.1, 0.15) is 5.75 Å². The van der Waals surface area contributed by atoms with Crippen molar-refractivity contribution in [3.05, 3.63) is 29.8 Å². The van der Waals surface area contributed by atoms with E-state index in [1.807, 2.05) is 0 Å². The fraction of sp³-hybridized carbons (Fsp3) is 0.619. The van der Waals surface area contributed by atoms with Crippen LogP contribution in [0.25, 0.3) is 0 Å². The number of carbonyl (C=O) groups excluding carboxylic acids is 2. The fourth-order valence-corrected chi connectivity index (χ4v) is 3.10. The van der Waals surface area contributed by atoms with E-state index < -0.39 is 24.5 Å². The summed E-state index contributed by atoms with van der Waals surface area (Å²) in [7, 11) is 0. The van der Waals surface area contributed by atoms with E-state index in [0.29, 0.717) is 12.8 Å². The molecule has 0 N–H and O–H groups in total. The number of carbonyl (C=O) groups is 2. The van der Waals surface area contributed by atoms with Crippen LogP contribution < -0.4 is 9.84 Å². The molecule has 0 heterocycles. The van der Waals surface area contributed by atoms with Crippen molar-refractivity contribution in [3.63, 3.8) is 0 Å². The zero-order valence-electron chi connectivity index (χ0n) is 16.2. The standard InChI is InChI=1S/C21H29F3O4/c1-2-3-4-5-9-16(10-8-15-21(22,23)24)13-14-19(25)28-18-12-7-6-11-17(18)20(26)27/h6-7,11-12,16H,2-5,8-10,13-15H2,1H3,(H,26,27)/p-1. The molecule has 0 radical (unpaired) electrons. The summed E-state index contributed by atoms with van der Waals surface area (Å²) < 4.78 is 42.3. The number of aromatic carboxylic acids is 1. The number of unbranched alkanes of at least 4 members (excludes halogenated alkanes) is 3. The van der Waals surface area contributed by atoms with E-state index >= 15 is 0 Å². The molecule has 0 bridgehead atoms. The van der Waals surface area contributed by atoms with Crippen molar-refractivity contribution in [1.29, 1.82) is 0 Å². The van der Waals surface area contributed by atoms with E-state index in [1.54, 1.807) is 6.07 Å². The molecule has 0 saturated heterocycles. The highest BCUT2D eigenvalue weighted by molar-refractivity contribution is 5.90. The second kappa shape index (κ2) is 12.4. The molecule has 7 heteroatoms. The Hall–Kier alpha value is -2.05. The maximum Gasteiger partial charge on any atom is 0.389 e. The lowest BCUT2D eigenvalue weighted by Gasteiger charge is -2.17. The normalized spacial score (nSPS) is 12.6. The van der Waals surface area contributed by atoms with E-state index in [1.165, 1.54) is 18.2 Å². The minimum Gasteiger partial charge on any atom is -0.545 e. The average molecular weight is 401 g/mol. The molecule has 1 aromatic carbocycles. The number of carboxylic acid groups (broad SMARTS) is 1. The molecule has 1 rings (SSSR count). The van der Waals surface area contributed by atoms with Gasteiger partial charge < -0.3 is 14.6 Å². The van der Waals surface area contributed by atoms with Gasteiger partial charge in [0, 0.05) is 18.4 Å². The van der Waals surface area contributed by atoms with Crippen molar-refractivity contribution in [3.8, 4) is 5.75 Å². The maximum absolute atomic E-state index is 12.4. The molecule has 158 valence electrons. The Bertz CT molecular complexity index is 614. The van der Waals surface area contributed by atoms with Crippen LogP contribution in [0.3, 0.4) is 0 Å². The first-order valence-corrected chi connectivity index (χ1v) is 9.80. The second-order valence-electron chi connectivity index (χ2n) is 7.02. The molecule has 1 aromatic rings. The first-order chi connectivity index (χ1) is 13.2. The topological polar surface area (TPSA) is 66.4 Å². The van der Waals surface area contributed by atoms with Crippen LogP contribution in [0.5, 0.6) is 5.75 Å². The summed E-state index contributed by atoms with van der Waals surface area (Å²) in [6.07, 6.45) is 0.813. The summed E-state index contributed by atoms with van der Waals surface area (Å²) >= 11 is 0. The number of halogens is 3. The highest BCUT2D eigenvalue weighted by atomic mass is 19.4. The molecule has 1 unspecified atom stereocenters. The van der Waals surface area contributed by atoms with Crippen LogP contribution in [0.2, 0.25) is 0 Å². The lowest BCUT2D eigenvalue weighted by Crippen LogP contribution is -2.23.